The van der Waals surface area contributed by atoms with E-state index in [0.717, 1.165) is 43.2 Å². The molecule has 0 saturated carbocycles. The molecular formula is C23H27N3O3. The molecule has 6 heteroatoms. The van der Waals surface area contributed by atoms with Gasteiger partial charge in [-0.1, -0.05) is 36.4 Å². The van der Waals surface area contributed by atoms with Crippen LogP contribution in [0.15, 0.2) is 54.6 Å². The van der Waals surface area contributed by atoms with E-state index in [4.69, 9.17) is 4.74 Å². The second kappa shape index (κ2) is 8.66. The van der Waals surface area contributed by atoms with Gasteiger partial charge < -0.3 is 9.64 Å². The molecule has 2 aromatic rings. The molecule has 0 spiro atoms. The summed E-state index contributed by atoms with van der Waals surface area (Å²) >= 11 is 0. The molecule has 4 rings (SSSR count). The fraction of sp³-hybridized carbons (Fsp3) is 0.391. The highest BCUT2D eigenvalue weighted by Gasteiger charge is 2.39. The van der Waals surface area contributed by atoms with E-state index >= 15 is 0 Å². The zero-order valence-corrected chi connectivity index (χ0v) is 16.8. The molecule has 0 aromatic heterocycles. The molecule has 0 radical (unpaired) electrons. The van der Waals surface area contributed by atoms with Gasteiger partial charge in [0.15, 0.2) is 0 Å². The number of benzene rings is 2. The Balaban J connectivity index is 1.32. The molecular weight excluding hydrogens is 366 g/mol. The Morgan fingerprint density at radius 1 is 0.966 bits per heavy atom. The second-order valence-corrected chi connectivity index (χ2v) is 7.70. The van der Waals surface area contributed by atoms with Crippen LogP contribution in [0.2, 0.25) is 0 Å². The van der Waals surface area contributed by atoms with Gasteiger partial charge in [0, 0.05) is 44.4 Å². The van der Waals surface area contributed by atoms with Crippen molar-refractivity contribution in [2.45, 2.75) is 12.8 Å². The number of hydrogen-bond donors (Lipinski definition) is 0. The number of carbonyl (C=O) groups is 2. The van der Waals surface area contributed by atoms with Gasteiger partial charge in [-0.2, -0.15) is 0 Å². The fourth-order valence-corrected chi connectivity index (χ4v) is 4.11. The van der Waals surface area contributed by atoms with Crippen molar-refractivity contribution in [2.75, 3.05) is 44.9 Å². The normalized spacial score (nSPS) is 20.4. The van der Waals surface area contributed by atoms with Crippen LogP contribution < -0.4 is 9.64 Å². The van der Waals surface area contributed by atoms with Gasteiger partial charge in [-0.15, -0.1) is 0 Å². The zero-order chi connectivity index (χ0) is 20.2. The summed E-state index contributed by atoms with van der Waals surface area (Å²) in [6.45, 7) is 3.75. The first-order valence-electron chi connectivity index (χ1n) is 10.1. The maximum absolute atomic E-state index is 12.8. The number of anilines is 1. The fourth-order valence-electron chi connectivity index (χ4n) is 4.11. The van der Waals surface area contributed by atoms with Gasteiger partial charge in [-0.3, -0.25) is 19.4 Å². The molecule has 1 unspecified atom stereocenters. The standard InChI is InChI=1S/C23H27N3O3/c1-29-21-9-5-8-20(16-21)25-12-10-24(11-13-25)17-26-22(27)15-19(23(26)28)14-18-6-3-2-4-7-18/h2-9,16,19H,10-15,17H2,1H3. The Labute approximate surface area is 171 Å². The van der Waals surface area contributed by atoms with Crippen LogP contribution in [0, 0.1) is 5.92 Å². The second-order valence-electron chi connectivity index (χ2n) is 7.70. The average Bonchev–Trinajstić information content (AvgIpc) is 3.02. The SMILES string of the molecule is COc1cccc(N2CCN(CN3C(=O)CC(Cc4ccccc4)C3=O)CC2)c1. The minimum absolute atomic E-state index is 0.0333. The lowest BCUT2D eigenvalue weighted by Gasteiger charge is -2.37. The molecule has 2 amide bonds. The van der Waals surface area contributed by atoms with E-state index < -0.39 is 0 Å². The molecule has 2 aliphatic heterocycles. The van der Waals surface area contributed by atoms with E-state index in [0.29, 0.717) is 19.5 Å². The highest BCUT2D eigenvalue weighted by atomic mass is 16.5. The highest BCUT2D eigenvalue weighted by Crippen LogP contribution is 2.25. The summed E-state index contributed by atoms with van der Waals surface area (Å²) in [6, 6.07) is 18.0. The Morgan fingerprint density at radius 2 is 1.72 bits per heavy atom. The van der Waals surface area contributed by atoms with Gasteiger partial charge in [0.05, 0.1) is 19.7 Å². The summed E-state index contributed by atoms with van der Waals surface area (Å²) in [4.78, 5) is 31.2. The van der Waals surface area contributed by atoms with E-state index in [9.17, 15) is 9.59 Å². The van der Waals surface area contributed by atoms with Crippen LogP contribution in [-0.4, -0.2) is 61.6 Å². The summed E-state index contributed by atoms with van der Waals surface area (Å²) in [5, 5.41) is 0. The summed E-state index contributed by atoms with van der Waals surface area (Å²) < 4.78 is 5.31. The summed E-state index contributed by atoms with van der Waals surface area (Å²) in [5.74, 6) is 0.533. The van der Waals surface area contributed by atoms with E-state index in [-0.39, 0.29) is 17.7 Å². The Hall–Kier alpha value is -2.86. The minimum atomic E-state index is -0.233. The lowest BCUT2D eigenvalue weighted by molar-refractivity contribution is -0.141. The van der Waals surface area contributed by atoms with Gasteiger partial charge in [0.25, 0.3) is 0 Å². The third-order valence-electron chi connectivity index (χ3n) is 5.79. The van der Waals surface area contributed by atoms with Gasteiger partial charge in [0.2, 0.25) is 11.8 Å². The molecule has 2 heterocycles. The van der Waals surface area contributed by atoms with Crippen LogP contribution in [0.4, 0.5) is 5.69 Å². The van der Waals surface area contributed by atoms with Gasteiger partial charge in [0.1, 0.15) is 5.75 Å². The maximum atomic E-state index is 12.8. The third kappa shape index (κ3) is 4.43. The monoisotopic (exact) mass is 393 g/mol. The van der Waals surface area contributed by atoms with E-state index in [1.54, 1.807) is 7.11 Å². The molecule has 2 aromatic carbocycles. The number of hydrogen-bond acceptors (Lipinski definition) is 5. The van der Waals surface area contributed by atoms with E-state index in [1.807, 2.05) is 48.5 Å². The van der Waals surface area contributed by atoms with Crippen LogP contribution in [-0.2, 0) is 16.0 Å². The van der Waals surface area contributed by atoms with Crippen LogP contribution >= 0.6 is 0 Å². The van der Waals surface area contributed by atoms with Crippen molar-refractivity contribution in [1.29, 1.82) is 0 Å². The van der Waals surface area contributed by atoms with E-state index in [2.05, 4.69) is 15.9 Å². The topological polar surface area (TPSA) is 53.1 Å². The predicted molar refractivity (Wildman–Crippen MR) is 112 cm³/mol. The third-order valence-corrected chi connectivity index (χ3v) is 5.79. The van der Waals surface area contributed by atoms with Crippen LogP contribution in [0.1, 0.15) is 12.0 Å². The number of ether oxygens (including phenoxy) is 1. The Morgan fingerprint density at radius 3 is 2.45 bits per heavy atom. The van der Waals surface area contributed by atoms with Crippen molar-refractivity contribution in [3.05, 3.63) is 60.2 Å². The van der Waals surface area contributed by atoms with Crippen LogP contribution in [0.5, 0.6) is 5.75 Å². The average molecular weight is 393 g/mol. The quantitative estimate of drug-likeness (QED) is 0.706. The molecule has 6 nitrogen and oxygen atoms in total. The molecule has 2 aliphatic rings. The molecule has 152 valence electrons. The zero-order valence-electron chi connectivity index (χ0n) is 16.8. The molecule has 0 aliphatic carbocycles. The van der Waals surface area contributed by atoms with Crippen LogP contribution in [0.25, 0.3) is 0 Å². The largest absolute Gasteiger partial charge is 0.497 e. The lowest BCUT2D eigenvalue weighted by atomic mass is 9.98. The number of likely N-dealkylation sites (tertiary alicyclic amines) is 1. The number of imide groups is 1. The number of amides is 2. The number of nitrogens with zero attached hydrogens (tertiary/aromatic N) is 3. The van der Waals surface area contributed by atoms with E-state index in [1.165, 1.54) is 4.90 Å². The van der Waals surface area contributed by atoms with Gasteiger partial charge in [-0.25, -0.2) is 0 Å². The first kappa shape index (κ1) is 19.5. The maximum Gasteiger partial charge on any atom is 0.234 e. The van der Waals surface area contributed by atoms with Crippen LogP contribution in [0.3, 0.4) is 0 Å². The Bertz CT molecular complexity index is 863. The van der Waals surface area contributed by atoms with Crippen molar-refractivity contribution in [2.24, 2.45) is 5.92 Å². The number of methoxy groups -OCH3 is 1. The number of rotatable bonds is 6. The highest BCUT2D eigenvalue weighted by molar-refractivity contribution is 6.03. The predicted octanol–water partition coefficient (Wildman–Crippen LogP) is 2.39. The van der Waals surface area contributed by atoms with Gasteiger partial charge >= 0.3 is 0 Å². The van der Waals surface area contributed by atoms with Crippen molar-refractivity contribution in [3.63, 3.8) is 0 Å². The smallest absolute Gasteiger partial charge is 0.234 e. The summed E-state index contributed by atoms with van der Waals surface area (Å²) in [7, 11) is 1.67. The molecule has 0 bridgehead atoms. The number of carbonyl (C=O) groups excluding carboxylic acids is 2. The molecule has 2 saturated heterocycles. The van der Waals surface area contributed by atoms with Crippen molar-refractivity contribution in [3.8, 4) is 5.75 Å². The number of piperazine rings is 1. The lowest BCUT2D eigenvalue weighted by Crippen LogP contribution is -2.51. The van der Waals surface area contributed by atoms with Crippen molar-refractivity contribution >= 4 is 17.5 Å². The van der Waals surface area contributed by atoms with Crippen molar-refractivity contribution < 1.29 is 14.3 Å². The summed E-state index contributed by atoms with van der Waals surface area (Å²) in [5.41, 5.74) is 2.24. The van der Waals surface area contributed by atoms with Crippen molar-refractivity contribution in [1.82, 2.24) is 9.80 Å². The molecule has 1 atom stereocenters. The molecule has 0 N–H and O–H groups in total. The Kier molecular flexibility index (Phi) is 5.81. The van der Waals surface area contributed by atoms with Gasteiger partial charge in [-0.05, 0) is 24.1 Å². The minimum Gasteiger partial charge on any atom is -0.497 e. The first-order chi connectivity index (χ1) is 14.1. The first-order valence-corrected chi connectivity index (χ1v) is 10.1. The summed E-state index contributed by atoms with van der Waals surface area (Å²) in [6.07, 6.45) is 0.947. The molecule has 2 fully saturated rings. The molecule has 29 heavy (non-hydrogen) atoms.